The molecule has 0 saturated heterocycles. The van der Waals surface area contributed by atoms with Crippen molar-refractivity contribution in [1.82, 2.24) is 19.4 Å². The molecule has 1 aromatic heterocycles. The Labute approximate surface area is 233 Å². The number of carbonyl (C=O) groups is 2. The standard InChI is InChI=1S/C32H36N4O4/c37-29(33-19-15-24-9-3-1-4-10-24)23-36-28-14-8-7-13-27(28)31(39)35(32(36)40)22-18-30(38)34-20-16-26(17-21-34)25-11-5-2-6-12-25/h2,5-9,11-14,16H,1,3-4,10,15,17-23H2,(H,33,37). The first-order valence-electron chi connectivity index (χ1n) is 14.2. The molecule has 1 aliphatic carbocycles. The van der Waals surface area contributed by atoms with Gasteiger partial charge in [-0.25, -0.2) is 4.79 Å². The lowest BCUT2D eigenvalue weighted by atomic mass is 9.97. The molecule has 40 heavy (non-hydrogen) atoms. The fourth-order valence-corrected chi connectivity index (χ4v) is 5.59. The Kier molecular flexibility index (Phi) is 8.74. The first-order chi connectivity index (χ1) is 19.5. The smallest absolute Gasteiger partial charge is 0.331 e. The van der Waals surface area contributed by atoms with Gasteiger partial charge in [0.1, 0.15) is 6.54 Å². The third-order valence-corrected chi connectivity index (χ3v) is 7.84. The molecule has 1 aliphatic heterocycles. The van der Waals surface area contributed by atoms with Gasteiger partial charge in [-0.15, -0.1) is 0 Å². The van der Waals surface area contributed by atoms with E-state index in [2.05, 4.69) is 29.6 Å². The summed E-state index contributed by atoms with van der Waals surface area (Å²) >= 11 is 0. The van der Waals surface area contributed by atoms with Gasteiger partial charge in [0.25, 0.3) is 5.56 Å². The van der Waals surface area contributed by atoms with Gasteiger partial charge in [0.2, 0.25) is 11.8 Å². The minimum Gasteiger partial charge on any atom is -0.354 e. The summed E-state index contributed by atoms with van der Waals surface area (Å²) in [5, 5.41) is 3.27. The van der Waals surface area contributed by atoms with E-state index < -0.39 is 11.2 Å². The van der Waals surface area contributed by atoms with Gasteiger partial charge in [-0.3, -0.25) is 23.5 Å². The summed E-state index contributed by atoms with van der Waals surface area (Å²) in [5.74, 6) is -0.386. The normalized spacial score (nSPS) is 15.4. The molecule has 0 bridgehead atoms. The van der Waals surface area contributed by atoms with Crippen LogP contribution in [-0.2, 0) is 22.7 Å². The number of nitrogens with one attached hydrogen (secondary N) is 1. The fourth-order valence-electron chi connectivity index (χ4n) is 5.59. The average molecular weight is 541 g/mol. The second kappa shape index (κ2) is 12.8. The van der Waals surface area contributed by atoms with Crippen molar-refractivity contribution in [2.75, 3.05) is 19.6 Å². The van der Waals surface area contributed by atoms with Crippen LogP contribution in [0.1, 0.15) is 50.5 Å². The minimum atomic E-state index is -0.577. The molecule has 3 aromatic rings. The number of fused-ring (bicyclic) bond motifs is 1. The van der Waals surface area contributed by atoms with E-state index in [0.717, 1.165) is 35.8 Å². The molecule has 0 unspecified atom stereocenters. The number of hydrogen-bond donors (Lipinski definition) is 1. The van der Waals surface area contributed by atoms with Crippen LogP contribution < -0.4 is 16.6 Å². The van der Waals surface area contributed by atoms with Crippen molar-refractivity contribution in [3.05, 3.63) is 98.7 Å². The van der Waals surface area contributed by atoms with Gasteiger partial charge < -0.3 is 10.2 Å². The van der Waals surface area contributed by atoms with E-state index in [1.165, 1.54) is 28.6 Å². The zero-order valence-corrected chi connectivity index (χ0v) is 22.8. The lowest BCUT2D eigenvalue weighted by Crippen LogP contribution is -2.44. The van der Waals surface area contributed by atoms with Crippen LogP contribution in [0.3, 0.4) is 0 Å². The van der Waals surface area contributed by atoms with E-state index in [4.69, 9.17) is 0 Å². The second-order valence-electron chi connectivity index (χ2n) is 10.5. The highest BCUT2D eigenvalue weighted by Crippen LogP contribution is 2.22. The number of rotatable bonds is 9. The predicted octanol–water partition coefficient (Wildman–Crippen LogP) is 3.88. The van der Waals surface area contributed by atoms with Crippen LogP contribution in [0, 0.1) is 0 Å². The Balaban J connectivity index is 1.27. The Morgan fingerprint density at radius 2 is 1.68 bits per heavy atom. The highest BCUT2D eigenvalue weighted by atomic mass is 16.2. The molecule has 0 atom stereocenters. The molecule has 2 aliphatic rings. The predicted molar refractivity (Wildman–Crippen MR) is 157 cm³/mol. The van der Waals surface area contributed by atoms with E-state index in [9.17, 15) is 19.2 Å². The van der Waals surface area contributed by atoms with Crippen molar-refractivity contribution in [3.8, 4) is 0 Å². The molecule has 8 heteroatoms. The van der Waals surface area contributed by atoms with Gasteiger partial charge in [-0.2, -0.15) is 0 Å². The van der Waals surface area contributed by atoms with E-state index in [1.807, 2.05) is 18.2 Å². The summed E-state index contributed by atoms with van der Waals surface area (Å²) < 4.78 is 2.43. The van der Waals surface area contributed by atoms with Gasteiger partial charge in [0.15, 0.2) is 0 Å². The van der Waals surface area contributed by atoms with Crippen molar-refractivity contribution >= 4 is 28.3 Å². The van der Waals surface area contributed by atoms with Crippen molar-refractivity contribution < 1.29 is 9.59 Å². The third kappa shape index (κ3) is 6.33. The van der Waals surface area contributed by atoms with Crippen LogP contribution in [0.25, 0.3) is 16.5 Å². The SMILES string of the molecule is O=C(Cn1c(=O)n(CCC(=O)N2CC=C(c3ccccc3)CC2)c(=O)c2ccccc21)NCCC1=CCCCC1. The highest BCUT2D eigenvalue weighted by molar-refractivity contribution is 5.82. The second-order valence-corrected chi connectivity index (χ2v) is 10.5. The summed E-state index contributed by atoms with van der Waals surface area (Å²) in [6, 6.07) is 16.9. The lowest BCUT2D eigenvalue weighted by Gasteiger charge is -2.27. The summed E-state index contributed by atoms with van der Waals surface area (Å²) in [5.41, 5.74) is 3.14. The average Bonchev–Trinajstić information content (AvgIpc) is 3.00. The molecular weight excluding hydrogens is 504 g/mol. The minimum absolute atomic E-state index is 0.0311. The van der Waals surface area contributed by atoms with Crippen LogP contribution in [0.15, 0.2) is 81.9 Å². The van der Waals surface area contributed by atoms with Crippen LogP contribution >= 0.6 is 0 Å². The van der Waals surface area contributed by atoms with Crippen LogP contribution in [0.4, 0.5) is 0 Å². The van der Waals surface area contributed by atoms with Crippen LogP contribution in [0.5, 0.6) is 0 Å². The molecule has 1 N–H and O–H groups in total. The lowest BCUT2D eigenvalue weighted by molar-refractivity contribution is -0.131. The maximum atomic E-state index is 13.5. The molecule has 2 heterocycles. The number of amides is 2. The summed E-state index contributed by atoms with van der Waals surface area (Å²) in [6.07, 6.45) is 10.5. The fraction of sp³-hybridized carbons (Fsp3) is 0.375. The van der Waals surface area contributed by atoms with Gasteiger partial charge in [-0.05, 0) is 61.8 Å². The van der Waals surface area contributed by atoms with Crippen molar-refractivity contribution in [1.29, 1.82) is 0 Å². The number of allylic oxidation sites excluding steroid dienone is 1. The molecule has 208 valence electrons. The number of benzene rings is 2. The van der Waals surface area contributed by atoms with Crippen molar-refractivity contribution in [2.24, 2.45) is 0 Å². The van der Waals surface area contributed by atoms with Crippen LogP contribution in [0.2, 0.25) is 0 Å². The maximum absolute atomic E-state index is 13.5. The number of hydrogen-bond acceptors (Lipinski definition) is 4. The van der Waals surface area contributed by atoms with Crippen molar-refractivity contribution in [2.45, 2.75) is 58.0 Å². The van der Waals surface area contributed by atoms with E-state index >= 15 is 0 Å². The van der Waals surface area contributed by atoms with Gasteiger partial charge in [0, 0.05) is 32.6 Å². The van der Waals surface area contributed by atoms with E-state index in [1.54, 1.807) is 29.2 Å². The van der Waals surface area contributed by atoms with Gasteiger partial charge in [0.05, 0.1) is 10.9 Å². The molecule has 2 amide bonds. The largest absolute Gasteiger partial charge is 0.354 e. The molecule has 0 spiro atoms. The quantitative estimate of drug-likeness (QED) is 0.417. The van der Waals surface area contributed by atoms with Crippen molar-refractivity contribution in [3.63, 3.8) is 0 Å². The topological polar surface area (TPSA) is 93.4 Å². The first kappa shape index (κ1) is 27.4. The Hall–Kier alpha value is -4.20. The van der Waals surface area contributed by atoms with Gasteiger partial charge >= 0.3 is 5.69 Å². The molecule has 8 nitrogen and oxygen atoms in total. The monoisotopic (exact) mass is 540 g/mol. The van der Waals surface area contributed by atoms with E-state index in [-0.39, 0.29) is 31.3 Å². The molecular formula is C32H36N4O4. The zero-order chi connectivity index (χ0) is 27.9. The molecule has 5 rings (SSSR count). The first-order valence-corrected chi connectivity index (χ1v) is 14.2. The summed E-state index contributed by atoms with van der Waals surface area (Å²) in [7, 11) is 0. The van der Waals surface area contributed by atoms with E-state index in [0.29, 0.717) is 30.5 Å². The maximum Gasteiger partial charge on any atom is 0.331 e. The summed E-state index contributed by atoms with van der Waals surface area (Å²) in [4.78, 5) is 54.3. The number of aromatic nitrogens is 2. The third-order valence-electron chi connectivity index (χ3n) is 7.84. The molecule has 0 saturated carbocycles. The Morgan fingerprint density at radius 3 is 2.42 bits per heavy atom. The molecule has 0 radical (unpaired) electrons. The highest BCUT2D eigenvalue weighted by Gasteiger charge is 2.20. The molecule has 0 fully saturated rings. The number of para-hydroxylation sites is 1. The Bertz CT molecular complexity index is 1570. The number of carbonyl (C=O) groups excluding carboxylic acids is 2. The van der Waals surface area contributed by atoms with Gasteiger partial charge in [-0.1, -0.05) is 60.2 Å². The zero-order valence-electron chi connectivity index (χ0n) is 22.8. The number of nitrogens with zero attached hydrogens (tertiary/aromatic N) is 3. The molecule has 2 aromatic carbocycles. The van der Waals surface area contributed by atoms with Crippen LogP contribution in [-0.4, -0.2) is 45.5 Å². The summed E-state index contributed by atoms with van der Waals surface area (Å²) in [6.45, 7) is 1.38. The Morgan fingerprint density at radius 1 is 0.875 bits per heavy atom.